The average molecular weight is 310 g/mol. The Balaban J connectivity index is 1.83. The lowest BCUT2D eigenvalue weighted by Crippen LogP contribution is -2.05. The summed E-state index contributed by atoms with van der Waals surface area (Å²) in [4.78, 5) is 4.41. The summed E-state index contributed by atoms with van der Waals surface area (Å²) in [6.45, 7) is 5.99. The zero-order chi connectivity index (χ0) is 16.2. The van der Waals surface area contributed by atoms with Gasteiger partial charge in [0.05, 0.1) is 6.20 Å². The van der Waals surface area contributed by atoms with E-state index in [1.807, 2.05) is 13.0 Å². The van der Waals surface area contributed by atoms with Crippen LogP contribution >= 0.6 is 0 Å². The van der Waals surface area contributed by atoms with E-state index in [4.69, 9.17) is 4.52 Å². The van der Waals surface area contributed by atoms with E-state index in [2.05, 4.69) is 57.0 Å². The second kappa shape index (κ2) is 6.43. The van der Waals surface area contributed by atoms with Gasteiger partial charge in [-0.3, -0.25) is 0 Å². The Morgan fingerprint density at radius 2 is 2.00 bits per heavy atom. The molecule has 118 valence electrons. The van der Waals surface area contributed by atoms with Crippen molar-refractivity contribution in [2.45, 2.75) is 27.2 Å². The molecule has 3 rings (SSSR count). The van der Waals surface area contributed by atoms with Gasteiger partial charge in [-0.2, -0.15) is 10.1 Å². The molecule has 7 nitrogen and oxygen atoms in total. The monoisotopic (exact) mass is 310 g/mol. The summed E-state index contributed by atoms with van der Waals surface area (Å²) < 4.78 is 5.02. The molecular formula is C16H18N6O. The first-order valence-electron chi connectivity index (χ1n) is 7.41. The summed E-state index contributed by atoms with van der Waals surface area (Å²) in [6.07, 6.45) is 2.46. The third-order valence-corrected chi connectivity index (χ3v) is 3.42. The van der Waals surface area contributed by atoms with Crippen molar-refractivity contribution in [2.24, 2.45) is 0 Å². The van der Waals surface area contributed by atoms with Gasteiger partial charge in [-0.15, -0.1) is 5.10 Å². The van der Waals surface area contributed by atoms with Crippen LogP contribution in [-0.4, -0.2) is 20.3 Å². The van der Waals surface area contributed by atoms with Crippen LogP contribution in [0.5, 0.6) is 0 Å². The molecule has 0 aliphatic rings. The van der Waals surface area contributed by atoms with Gasteiger partial charge in [-0.1, -0.05) is 30.3 Å². The van der Waals surface area contributed by atoms with Gasteiger partial charge < -0.3 is 15.2 Å². The van der Waals surface area contributed by atoms with Gasteiger partial charge in [-0.25, -0.2) is 0 Å². The fourth-order valence-corrected chi connectivity index (χ4v) is 2.29. The maximum Gasteiger partial charge on any atom is 0.249 e. The molecule has 3 aromatic rings. The highest BCUT2D eigenvalue weighted by Gasteiger charge is 2.08. The fraction of sp³-hybridized carbons (Fsp3) is 0.250. The Kier molecular flexibility index (Phi) is 4.18. The fourth-order valence-electron chi connectivity index (χ4n) is 2.29. The number of aromatic nitrogens is 4. The zero-order valence-electron chi connectivity index (χ0n) is 13.3. The van der Waals surface area contributed by atoms with Gasteiger partial charge in [0.2, 0.25) is 5.95 Å². The summed E-state index contributed by atoms with van der Waals surface area (Å²) in [6, 6.07) is 7.97. The number of hydrogen-bond donors (Lipinski definition) is 2. The Morgan fingerprint density at radius 3 is 2.74 bits per heavy atom. The van der Waals surface area contributed by atoms with Crippen molar-refractivity contribution in [1.29, 1.82) is 0 Å². The molecule has 0 bridgehead atoms. The van der Waals surface area contributed by atoms with Crippen molar-refractivity contribution in [1.82, 2.24) is 20.3 Å². The molecular weight excluding hydrogens is 292 g/mol. The quantitative estimate of drug-likeness (QED) is 0.745. The molecule has 1 aromatic carbocycles. The lowest BCUT2D eigenvalue weighted by atomic mass is 10.1. The van der Waals surface area contributed by atoms with E-state index < -0.39 is 0 Å². The van der Waals surface area contributed by atoms with Gasteiger partial charge in [0.15, 0.2) is 11.6 Å². The van der Waals surface area contributed by atoms with Crippen LogP contribution in [0.3, 0.4) is 0 Å². The van der Waals surface area contributed by atoms with Crippen molar-refractivity contribution < 1.29 is 4.52 Å². The normalized spacial score (nSPS) is 10.6. The van der Waals surface area contributed by atoms with Crippen molar-refractivity contribution >= 4 is 23.3 Å². The van der Waals surface area contributed by atoms with E-state index in [1.54, 1.807) is 6.07 Å². The van der Waals surface area contributed by atoms with Gasteiger partial charge >= 0.3 is 0 Å². The van der Waals surface area contributed by atoms with Crippen molar-refractivity contribution in [3.63, 3.8) is 0 Å². The molecule has 0 amide bonds. The first-order chi connectivity index (χ1) is 11.2. The Morgan fingerprint density at radius 1 is 1.13 bits per heavy atom. The second-order valence-electron chi connectivity index (χ2n) is 5.20. The Hall–Kier alpha value is -2.96. The molecule has 0 atom stereocenters. The highest BCUT2D eigenvalue weighted by Crippen LogP contribution is 2.24. The molecule has 7 heteroatoms. The van der Waals surface area contributed by atoms with Crippen LogP contribution in [0.1, 0.15) is 23.8 Å². The minimum atomic E-state index is 0.430. The topological polar surface area (TPSA) is 88.8 Å². The van der Waals surface area contributed by atoms with E-state index in [0.717, 1.165) is 23.4 Å². The molecule has 2 N–H and O–H groups in total. The van der Waals surface area contributed by atoms with Gasteiger partial charge in [0.25, 0.3) is 0 Å². The Labute approximate surface area is 134 Å². The highest BCUT2D eigenvalue weighted by atomic mass is 16.5. The maximum atomic E-state index is 5.02. The smallest absolute Gasteiger partial charge is 0.249 e. The molecule has 0 saturated heterocycles. The molecule has 23 heavy (non-hydrogen) atoms. The standard InChI is InChI=1S/C16H18N6O/c1-4-12-7-5-6-10(2)15(12)20-16-19-14(9-17-21-16)18-13-8-11(3)23-22-13/h5-9H,4H2,1-3H3,(H2,18,19,20,21,22). The van der Waals surface area contributed by atoms with Gasteiger partial charge in [0.1, 0.15) is 5.76 Å². The minimum absolute atomic E-state index is 0.430. The molecule has 0 saturated carbocycles. The van der Waals surface area contributed by atoms with Crippen LogP contribution in [0.15, 0.2) is 35.0 Å². The van der Waals surface area contributed by atoms with E-state index in [9.17, 15) is 0 Å². The number of benzene rings is 1. The average Bonchev–Trinajstić information content (AvgIpc) is 2.95. The van der Waals surface area contributed by atoms with E-state index in [0.29, 0.717) is 17.6 Å². The molecule has 2 heterocycles. The molecule has 0 aliphatic carbocycles. The third-order valence-electron chi connectivity index (χ3n) is 3.42. The molecule has 2 aromatic heterocycles. The summed E-state index contributed by atoms with van der Waals surface area (Å²) in [5.74, 6) is 2.28. The number of anilines is 4. The van der Waals surface area contributed by atoms with Crippen LogP contribution in [0.25, 0.3) is 0 Å². The lowest BCUT2D eigenvalue weighted by molar-refractivity contribution is 0.400. The highest BCUT2D eigenvalue weighted by molar-refractivity contribution is 5.64. The maximum absolute atomic E-state index is 5.02. The van der Waals surface area contributed by atoms with Crippen LogP contribution in [0, 0.1) is 13.8 Å². The molecule has 0 radical (unpaired) electrons. The molecule has 0 fully saturated rings. The summed E-state index contributed by atoms with van der Waals surface area (Å²) in [7, 11) is 0. The van der Waals surface area contributed by atoms with Crippen molar-refractivity contribution in [2.75, 3.05) is 10.6 Å². The lowest BCUT2D eigenvalue weighted by Gasteiger charge is -2.12. The number of nitrogens with zero attached hydrogens (tertiary/aromatic N) is 4. The van der Waals surface area contributed by atoms with Gasteiger partial charge in [-0.05, 0) is 31.4 Å². The van der Waals surface area contributed by atoms with E-state index in [1.165, 1.54) is 11.8 Å². The third kappa shape index (κ3) is 3.45. The number of rotatable bonds is 5. The minimum Gasteiger partial charge on any atom is -0.360 e. The van der Waals surface area contributed by atoms with Crippen LogP contribution in [0.4, 0.5) is 23.3 Å². The molecule has 0 aliphatic heterocycles. The van der Waals surface area contributed by atoms with Gasteiger partial charge in [0, 0.05) is 11.8 Å². The first-order valence-corrected chi connectivity index (χ1v) is 7.41. The predicted molar refractivity (Wildman–Crippen MR) is 88.2 cm³/mol. The van der Waals surface area contributed by atoms with E-state index >= 15 is 0 Å². The van der Waals surface area contributed by atoms with Crippen LogP contribution < -0.4 is 10.6 Å². The van der Waals surface area contributed by atoms with Crippen molar-refractivity contribution in [3.05, 3.63) is 47.3 Å². The second-order valence-corrected chi connectivity index (χ2v) is 5.20. The molecule has 0 unspecified atom stereocenters. The SMILES string of the molecule is CCc1cccc(C)c1Nc1nncc(Nc2cc(C)on2)n1. The largest absolute Gasteiger partial charge is 0.360 e. The predicted octanol–water partition coefficient (Wildman–Crippen LogP) is 3.53. The number of para-hydroxylation sites is 1. The van der Waals surface area contributed by atoms with E-state index in [-0.39, 0.29) is 0 Å². The molecule has 0 spiro atoms. The number of hydrogen-bond acceptors (Lipinski definition) is 7. The first kappa shape index (κ1) is 15.0. The van der Waals surface area contributed by atoms with Crippen LogP contribution in [0.2, 0.25) is 0 Å². The summed E-state index contributed by atoms with van der Waals surface area (Å²) in [5, 5.41) is 18.2. The zero-order valence-corrected chi connectivity index (χ0v) is 13.3. The summed E-state index contributed by atoms with van der Waals surface area (Å²) in [5.41, 5.74) is 3.36. The van der Waals surface area contributed by atoms with Crippen LogP contribution in [-0.2, 0) is 6.42 Å². The number of aryl methyl sites for hydroxylation is 3. The van der Waals surface area contributed by atoms with Crippen molar-refractivity contribution in [3.8, 4) is 0 Å². The summed E-state index contributed by atoms with van der Waals surface area (Å²) >= 11 is 0. The Bertz CT molecular complexity index is 814. The number of nitrogens with one attached hydrogen (secondary N) is 2.